The third kappa shape index (κ3) is 4.22. The lowest BCUT2D eigenvalue weighted by atomic mass is 9.99. The Morgan fingerprint density at radius 2 is 1.83 bits per heavy atom. The van der Waals surface area contributed by atoms with Crippen LogP contribution in [0.4, 0.5) is 0 Å². The van der Waals surface area contributed by atoms with Gasteiger partial charge in [0, 0.05) is 11.6 Å². The van der Waals surface area contributed by atoms with E-state index in [1.54, 1.807) is 0 Å². The van der Waals surface area contributed by atoms with Crippen LogP contribution in [-0.4, -0.2) is 73.9 Å². The normalized spacial score (nSPS) is 30.4. The smallest absolute Gasteiger partial charge is 0.330 e. The fourth-order valence-corrected chi connectivity index (χ4v) is 2.11. The Balaban J connectivity index is 1.91. The number of carbonyl (C=O) groups excluding carboxylic acids is 1. The molecule has 9 heteroatoms. The Bertz CT molecular complexity index is 615. The van der Waals surface area contributed by atoms with Crippen molar-refractivity contribution in [1.29, 1.82) is 0 Å². The highest BCUT2D eigenvalue weighted by Crippen LogP contribution is 2.23. The van der Waals surface area contributed by atoms with Crippen molar-refractivity contribution in [3.8, 4) is 11.5 Å². The van der Waals surface area contributed by atoms with Crippen LogP contribution >= 0.6 is 0 Å². The average molecular weight is 342 g/mol. The number of aliphatic hydroxyl groups is 4. The third-order valence-electron chi connectivity index (χ3n) is 3.49. The molecule has 1 aromatic carbocycles. The van der Waals surface area contributed by atoms with Gasteiger partial charge in [-0.1, -0.05) is 0 Å². The zero-order valence-electron chi connectivity index (χ0n) is 12.4. The highest BCUT2D eigenvalue weighted by atomic mass is 16.6. The van der Waals surface area contributed by atoms with Gasteiger partial charge in [0.25, 0.3) is 0 Å². The summed E-state index contributed by atoms with van der Waals surface area (Å²) in [6.45, 7) is -0.475. The van der Waals surface area contributed by atoms with Crippen molar-refractivity contribution < 1.29 is 44.9 Å². The quantitative estimate of drug-likeness (QED) is 0.217. The Kier molecular flexibility index (Phi) is 5.75. The number of aromatic hydroxyl groups is 2. The van der Waals surface area contributed by atoms with E-state index in [2.05, 4.69) is 0 Å². The summed E-state index contributed by atoms with van der Waals surface area (Å²) in [4.78, 5) is 11.6. The zero-order chi connectivity index (χ0) is 17.9. The SMILES string of the molecule is O=C(C=Cc1cc(O)ccc1O)OCC1OC(O)C(O)C(O)C1O. The number of phenolic OH excluding ortho intramolecular Hbond substituents is 2. The highest BCUT2D eigenvalue weighted by Gasteiger charge is 2.43. The van der Waals surface area contributed by atoms with Gasteiger partial charge in [0.15, 0.2) is 6.29 Å². The van der Waals surface area contributed by atoms with Gasteiger partial charge in [0.05, 0.1) is 0 Å². The second kappa shape index (κ2) is 7.60. The lowest BCUT2D eigenvalue weighted by Gasteiger charge is -2.37. The summed E-state index contributed by atoms with van der Waals surface area (Å²) >= 11 is 0. The first kappa shape index (κ1) is 18.2. The number of phenols is 2. The maximum atomic E-state index is 11.6. The Morgan fingerprint density at radius 1 is 1.12 bits per heavy atom. The summed E-state index contributed by atoms with van der Waals surface area (Å²) in [5, 5.41) is 56.8. The molecule has 132 valence electrons. The van der Waals surface area contributed by atoms with Crippen LogP contribution in [0.5, 0.6) is 11.5 Å². The van der Waals surface area contributed by atoms with Crippen LogP contribution in [0, 0.1) is 0 Å². The molecule has 1 heterocycles. The minimum absolute atomic E-state index is 0.0962. The van der Waals surface area contributed by atoms with E-state index in [1.807, 2.05) is 0 Å². The van der Waals surface area contributed by atoms with Crippen molar-refractivity contribution in [2.45, 2.75) is 30.7 Å². The van der Waals surface area contributed by atoms with E-state index in [9.17, 15) is 35.4 Å². The predicted octanol–water partition coefficient (Wildman–Crippen LogP) is -1.55. The summed E-state index contributed by atoms with van der Waals surface area (Å²) in [6.07, 6.45) is -5.60. The Hall–Kier alpha value is -2.17. The molecule has 1 aromatic rings. The molecule has 0 aromatic heterocycles. The van der Waals surface area contributed by atoms with Crippen LogP contribution in [0.15, 0.2) is 24.3 Å². The molecule has 9 nitrogen and oxygen atoms in total. The fourth-order valence-electron chi connectivity index (χ4n) is 2.11. The molecular weight excluding hydrogens is 324 g/mol. The van der Waals surface area contributed by atoms with Crippen molar-refractivity contribution in [1.82, 2.24) is 0 Å². The molecule has 0 spiro atoms. The number of ether oxygens (including phenoxy) is 2. The number of aliphatic hydroxyl groups excluding tert-OH is 4. The van der Waals surface area contributed by atoms with Crippen LogP contribution in [0.1, 0.15) is 5.56 Å². The largest absolute Gasteiger partial charge is 0.508 e. The molecule has 0 radical (unpaired) electrons. The van der Waals surface area contributed by atoms with E-state index in [-0.39, 0.29) is 17.1 Å². The maximum absolute atomic E-state index is 11.6. The summed E-state index contributed by atoms with van der Waals surface area (Å²) < 4.78 is 9.67. The summed E-state index contributed by atoms with van der Waals surface area (Å²) in [5.41, 5.74) is 0.190. The molecule has 5 atom stereocenters. The molecule has 0 amide bonds. The van der Waals surface area contributed by atoms with E-state index >= 15 is 0 Å². The van der Waals surface area contributed by atoms with Gasteiger partial charge >= 0.3 is 5.97 Å². The molecule has 0 bridgehead atoms. The van der Waals surface area contributed by atoms with Crippen molar-refractivity contribution in [2.75, 3.05) is 6.61 Å². The number of carbonyl (C=O) groups is 1. The van der Waals surface area contributed by atoms with E-state index < -0.39 is 43.3 Å². The van der Waals surface area contributed by atoms with E-state index in [1.165, 1.54) is 24.3 Å². The van der Waals surface area contributed by atoms with Gasteiger partial charge in [-0.3, -0.25) is 0 Å². The molecule has 5 unspecified atom stereocenters. The maximum Gasteiger partial charge on any atom is 0.330 e. The molecule has 6 N–H and O–H groups in total. The molecule has 1 aliphatic heterocycles. The minimum Gasteiger partial charge on any atom is -0.508 e. The highest BCUT2D eigenvalue weighted by molar-refractivity contribution is 5.87. The first-order valence-electron chi connectivity index (χ1n) is 7.04. The minimum atomic E-state index is -1.72. The van der Waals surface area contributed by atoms with Gasteiger partial charge in [-0.25, -0.2) is 4.79 Å². The molecule has 1 aliphatic rings. The van der Waals surface area contributed by atoms with Gasteiger partial charge in [0.1, 0.15) is 42.5 Å². The number of esters is 1. The average Bonchev–Trinajstić information content (AvgIpc) is 2.55. The second-order valence-corrected chi connectivity index (χ2v) is 5.24. The van der Waals surface area contributed by atoms with Gasteiger partial charge in [-0.15, -0.1) is 0 Å². The van der Waals surface area contributed by atoms with Gasteiger partial charge in [-0.05, 0) is 24.3 Å². The molecule has 24 heavy (non-hydrogen) atoms. The monoisotopic (exact) mass is 342 g/mol. The van der Waals surface area contributed by atoms with Crippen molar-refractivity contribution in [3.63, 3.8) is 0 Å². The van der Waals surface area contributed by atoms with E-state index in [4.69, 9.17) is 9.47 Å². The van der Waals surface area contributed by atoms with E-state index in [0.29, 0.717) is 0 Å². The van der Waals surface area contributed by atoms with Crippen LogP contribution in [0.2, 0.25) is 0 Å². The Morgan fingerprint density at radius 3 is 2.54 bits per heavy atom. The van der Waals surface area contributed by atoms with Crippen molar-refractivity contribution in [2.24, 2.45) is 0 Å². The third-order valence-corrected chi connectivity index (χ3v) is 3.49. The standard InChI is InChI=1S/C15H18O9/c16-8-2-3-9(17)7(5-8)1-4-11(18)23-6-10-12(19)13(20)14(21)15(22)24-10/h1-5,10,12-17,19-22H,6H2. The number of hydrogen-bond donors (Lipinski definition) is 6. The topological polar surface area (TPSA) is 157 Å². The molecular formula is C15H18O9. The van der Waals surface area contributed by atoms with Crippen LogP contribution in [0.25, 0.3) is 6.08 Å². The first-order valence-corrected chi connectivity index (χ1v) is 7.04. The lowest BCUT2D eigenvalue weighted by molar-refractivity contribution is -0.287. The first-order chi connectivity index (χ1) is 11.3. The summed E-state index contributed by atoms with van der Waals surface area (Å²) in [6, 6.07) is 3.76. The summed E-state index contributed by atoms with van der Waals surface area (Å²) in [7, 11) is 0. The van der Waals surface area contributed by atoms with Crippen molar-refractivity contribution in [3.05, 3.63) is 29.8 Å². The molecule has 2 rings (SSSR count). The van der Waals surface area contributed by atoms with Gasteiger partial charge < -0.3 is 40.1 Å². The van der Waals surface area contributed by atoms with Crippen molar-refractivity contribution >= 4 is 12.0 Å². The predicted molar refractivity (Wildman–Crippen MR) is 78.7 cm³/mol. The fraction of sp³-hybridized carbons (Fsp3) is 0.400. The number of benzene rings is 1. The lowest BCUT2D eigenvalue weighted by Crippen LogP contribution is -2.58. The van der Waals surface area contributed by atoms with Crippen LogP contribution in [-0.2, 0) is 14.3 Å². The van der Waals surface area contributed by atoms with Crippen LogP contribution < -0.4 is 0 Å². The molecule has 0 saturated carbocycles. The molecule has 1 fully saturated rings. The number of hydrogen-bond acceptors (Lipinski definition) is 9. The van der Waals surface area contributed by atoms with Gasteiger partial charge in [-0.2, -0.15) is 0 Å². The second-order valence-electron chi connectivity index (χ2n) is 5.24. The Labute approximate surface area is 136 Å². The van der Waals surface area contributed by atoms with E-state index in [0.717, 1.165) is 6.08 Å². The molecule has 0 aliphatic carbocycles. The summed E-state index contributed by atoms with van der Waals surface area (Å²) in [5.74, 6) is -1.09. The zero-order valence-corrected chi connectivity index (χ0v) is 12.4. The molecule has 1 saturated heterocycles. The van der Waals surface area contributed by atoms with Gasteiger partial charge in [0.2, 0.25) is 0 Å². The van der Waals surface area contributed by atoms with Crippen LogP contribution in [0.3, 0.4) is 0 Å². The number of rotatable bonds is 4.